The molecule has 2 aliphatic rings. The molecule has 1 atom stereocenters. The van der Waals surface area contributed by atoms with Crippen molar-refractivity contribution in [3.63, 3.8) is 0 Å². The van der Waals surface area contributed by atoms with Gasteiger partial charge in [-0.05, 0) is 71.5 Å². The van der Waals surface area contributed by atoms with Crippen molar-refractivity contribution in [2.75, 3.05) is 49.7 Å². The Bertz CT molecular complexity index is 1900. The molecule has 0 spiro atoms. The van der Waals surface area contributed by atoms with Crippen molar-refractivity contribution < 1.29 is 32.3 Å². The maximum Gasteiger partial charge on any atom is 0.433 e. The van der Waals surface area contributed by atoms with Crippen LogP contribution in [-0.4, -0.2) is 78.4 Å². The molecular weight excluding hydrogens is 695 g/mol. The quantitative estimate of drug-likeness (QED) is 0.149. The highest BCUT2D eigenvalue weighted by molar-refractivity contribution is 5.96. The third-order valence-corrected chi connectivity index (χ3v) is 9.74. The summed E-state index contributed by atoms with van der Waals surface area (Å²) in [7, 11) is 1.70. The molecule has 0 radical (unpaired) electrons. The molecule has 2 aliphatic heterocycles. The Morgan fingerprint density at radius 1 is 0.833 bits per heavy atom. The molecule has 0 unspecified atom stereocenters. The average Bonchev–Trinajstić information content (AvgIpc) is 3.19. The van der Waals surface area contributed by atoms with E-state index in [0.29, 0.717) is 31.7 Å². The van der Waals surface area contributed by atoms with Crippen molar-refractivity contribution in [1.82, 2.24) is 14.8 Å². The average molecular weight is 740 g/mol. The van der Waals surface area contributed by atoms with Gasteiger partial charge in [-0.3, -0.25) is 19.4 Å². The van der Waals surface area contributed by atoms with Crippen LogP contribution in [0.4, 0.5) is 24.5 Å². The molecule has 0 bridgehead atoms. The predicted octanol–water partition coefficient (Wildman–Crippen LogP) is 6.77. The Kier molecular flexibility index (Phi) is 12.4. The topological polar surface area (TPSA) is 86.3 Å². The van der Waals surface area contributed by atoms with Gasteiger partial charge in [0.25, 0.3) is 0 Å². The highest BCUT2D eigenvalue weighted by Crippen LogP contribution is 2.28. The molecule has 9 nitrogen and oxygen atoms in total. The normalized spacial score (nSPS) is 15.7. The molecule has 3 amide bonds. The number of hydrogen-bond acceptors (Lipinski definition) is 6. The summed E-state index contributed by atoms with van der Waals surface area (Å²) in [5.41, 5.74) is 3.66. The molecule has 2 fully saturated rings. The lowest BCUT2D eigenvalue weighted by atomic mass is 10.0. The lowest BCUT2D eigenvalue weighted by Crippen LogP contribution is -2.50. The molecule has 3 heterocycles. The summed E-state index contributed by atoms with van der Waals surface area (Å²) in [6, 6.07) is 26.1. The molecule has 1 aromatic heterocycles. The molecule has 0 aliphatic carbocycles. The molecule has 12 heteroatoms. The number of aromatic nitrogens is 1. The maximum absolute atomic E-state index is 14.5. The number of anilines is 2. The maximum atomic E-state index is 14.5. The number of halogens is 3. The number of alkyl halides is 3. The van der Waals surface area contributed by atoms with Gasteiger partial charge in [-0.1, -0.05) is 60.7 Å². The summed E-state index contributed by atoms with van der Waals surface area (Å²) >= 11 is 0. The molecule has 3 aromatic carbocycles. The molecule has 2 saturated heterocycles. The van der Waals surface area contributed by atoms with E-state index in [4.69, 9.17) is 4.74 Å². The number of hydrogen-bond donors (Lipinski definition) is 0. The standard InChI is InChI=1S/C42H44F3N5O4/c1-47(29-33-12-18-36(19-13-33)49-22-6-5-9-39(49)51)41(53)37(27-31-7-3-2-4-8-31)50(30-34-10-16-35(17-11-34)48-23-25-54-26-24-48)40(52)21-15-32-14-20-38(46-28-32)42(43,44)45/h2-4,7-8,10-21,28,37H,5-6,9,22-27,29-30H2,1H3/t37-/m0/s1. The van der Waals surface area contributed by atoms with Crippen molar-refractivity contribution in [3.8, 4) is 0 Å². The van der Waals surface area contributed by atoms with Gasteiger partial charge in [-0.15, -0.1) is 0 Å². The van der Waals surface area contributed by atoms with Crippen molar-refractivity contribution in [1.29, 1.82) is 0 Å². The number of amides is 3. The van der Waals surface area contributed by atoms with E-state index in [1.54, 1.807) is 16.8 Å². The SMILES string of the molecule is CN(Cc1ccc(N2CCCCC2=O)cc1)C(=O)[C@H](Cc1ccccc1)N(Cc1ccc(N2CCOCC2)cc1)C(=O)C=Cc1ccc(C(F)(F)F)nc1. The largest absolute Gasteiger partial charge is 0.433 e. The van der Waals surface area contributed by atoms with E-state index in [2.05, 4.69) is 9.88 Å². The highest BCUT2D eigenvalue weighted by Gasteiger charge is 2.33. The van der Waals surface area contributed by atoms with Gasteiger partial charge in [0.2, 0.25) is 17.7 Å². The van der Waals surface area contributed by atoms with Crippen LogP contribution in [0, 0.1) is 0 Å². The molecule has 0 saturated carbocycles. The fourth-order valence-electron chi connectivity index (χ4n) is 6.74. The summed E-state index contributed by atoms with van der Waals surface area (Å²) in [6.07, 6.45) is 1.78. The monoisotopic (exact) mass is 739 g/mol. The number of rotatable bonds is 12. The van der Waals surface area contributed by atoms with E-state index in [0.717, 1.165) is 66.3 Å². The number of pyridine rings is 1. The Hall–Kier alpha value is -5.49. The van der Waals surface area contributed by atoms with Crippen LogP contribution < -0.4 is 9.80 Å². The second-order valence-corrected chi connectivity index (χ2v) is 13.6. The number of morpholine rings is 1. The van der Waals surface area contributed by atoms with Crippen molar-refractivity contribution in [2.45, 2.75) is 51.0 Å². The summed E-state index contributed by atoms with van der Waals surface area (Å²) < 4.78 is 44.9. The minimum Gasteiger partial charge on any atom is -0.378 e. The van der Waals surface area contributed by atoms with Crippen LogP contribution in [-0.2, 0) is 44.8 Å². The van der Waals surface area contributed by atoms with Crippen LogP contribution in [0.25, 0.3) is 6.08 Å². The van der Waals surface area contributed by atoms with Crippen LogP contribution in [0.2, 0.25) is 0 Å². The summed E-state index contributed by atoms with van der Waals surface area (Å²) in [5, 5.41) is 0. The van der Waals surface area contributed by atoms with Gasteiger partial charge in [0.15, 0.2) is 0 Å². The Morgan fingerprint density at radius 2 is 1.50 bits per heavy atom. The molecule has 6 rings (SSSR count). The van der Waals surface area contributed by atoms with Crippen LogP contribution in [0.1, 0.15) is 47.2 Å². The predicted molar refractivity (Wildman–Crippen MR) is 201 cm³/mol. The molecular formula is C42H44F3N5O4. The van der Waals surface area contributed by atoms with Crippen molar-refractivity contribution >= 4 is 35.2 Å². The summed E-state index contributed by atoms with van der Waals surface area (Å²) in [6.45, 7) is 3.88. The number of ether oxygens (including phenoxy) is 1. The van der Waals surface area contributed by atoms with Gasteiger partial charge in [-0.25, -0.2) is 0 Å². The van der Waals surface area contributed by atoms with Gasteiger partial charge in [0, 0.05) is 76.3 Å². The molecule has 54 heavy (non-hydrogen) atoms. The molecule has 282 valence electrons. The van der Waals surface area contributed by atoms with Crippen molar-refractivity contribution in [2.24, 2.45) is 0 Å². The summed E-state index contributed by atoms with van der Waals surface area (Å²) in [4.78, 5) is 51.9. The Labute approximate surface area is 313 Å². The second-order valence-electron chi connectivity index (χ2n) is 13.6. The minimum atomic E-state index is -4.59. The lowest BCUT2D eigenvalue weighted by Gasteiger charge is -2.34. The highest BCUT2D eigenvalue weighted by atomic mass is 19.4. The Balaban J connectivity index is 1.28. The van der Waals surface area contributed by atoms with Crippen molar-refractivity contribution in [3.05, 3.63) is 131 Å². The van der Waals surface area contributed by atoms with E-state index >= 15 is 0 Å². The molecule has 4 aromatic rings. The number of carbonyl (C=O) groups is 3. The first-order chi connectivity index (χ1) is 26.0. The number of benzene rings is 3. The van der Waals surface area contributed by atoms with Gasteiger partial charge in [-0.2, -0.15) is 13.2 Å². The zero-order valence-corrected chi connectivity index (χ0v) is 30.3. The molecule has 0 N–H and O–H groups in total. The Morgan fingerprint density at radius 3 is 2.13 bits per heavy atom. The third-order valence-electron chi connectivity index (χ3n) is 9.74. The fraction of sp³-hybridized carbons (Fsp3) is 0.333. The van der Waals surface area contributed by atoms with Gasteiger partial charge >= 0.3 is 6.18 Å². The van der Waals surface area contributed by atoms with E-state index in [1.165, 1.54) is 23.1 Å². The fourth-order valence-corrected chi connectivity index (χ4v) is 6.74. The van der Waals surface area contributed by atoms with Crippen LogP contribution in [0.3, 0.4) is 0 Å². The van der Waals surface area contributed by atoms with Gasteiger partial charge in [0.05, 0.1) is 13.2 Å². The second kappa shape index (κ2) is 17.6. The minimum absolute atomic E-state index is 0.105. The zero-order valence-electron chi connectivity index (χ0n) is 30.3. The van der Waals surface area contributed by atoms with Crippen LogP contribution >= 0.6 is 0 Å². The first-order valence-corrected chi connectivity index (χ1v) is 18.2. The van der Waals surface area contributed by atoms with Gasteiger partial charge in [0.1, 0.15) is 11.7 Å². The number of likely N-dealkylation sites (N-methyl/N-ethyl adjacent to an activating group) is 1. The van der Waals surface area contributed by atoms with E-state index in [9.17, 15) is 27.6 Å². The van der Waals surface area contributed by atoms with E-state index < -0.39 is 23.8 Å². The third kappa shape index (κ3) is 9.93. The lowest BCUT2D eigenvalue weighted by molar-refractivity contribution is -0.143. The first-order valence-electron chi connectivity index (χ1n) is 18.2. The number of carbonyl (C=O) groups excluding carboxylic acids is 3. The summed E-state index contributed by atoms with van der Waals surface area (Å²) in [5.74, 6) is -0.656. The first kappa shape index (κ1) is 38.2. The zero-order chi connectivity index (χ0) is 38.1. The van der Waals surface area contributed by atoms with Gasteiger partial charge < -0.3 is 24.3 Å². The van der Waals surface area contributed by atoms with Crippen LogP contribution in [0.15, 0.2) is 103 Å². The number of piperidine rings is 1. The number of nitrogens with zero attached hydrogens (tertiary/aromatic N) is 5. The van der Waals surface area contributed by atoms with Crippen LogP contribution in [0.5, 0.6) is 0 Å². The smallest absolute Gasteiger partial charge is 0.378 e. The van der Waals surface area contributed by atoms with E-state index in [-0.39, 0.29) is 31.3 Å². The van der Waals surface area contributed by atoms with E-state index in [1.807, 2.05) is 78.9 Å².